The second-order valence-electron chi connectivity index (χ2n) is 3.18. The van der Waals surface area contributed by atoms with Gasteiger partial charge in [-0.05, 0) is 36.2 Å². The van der Waals surface area contributed by atoms with Gasteiger partial charge in [-0.1, -0.05) is 23.7 Å². The van der Waals surface area contributed by atoms with Crippen LogP contribution in [0.4, 0.5) is 0 Å². The summed E-state index contributed by atoms with van der Waals surface area (Å²) in [7, 11) is 0. The van der Waals surface area contributed by atoms with Gasteiger partial charge in [-0.15, -0.1) is 0 Å². The highest BCUT2D eigenvalue weighted by molar-refractivity contribution is 6.30. The van der Waals surface area contributed by atoms with Crippen molar-refractivity contribution in [1.82, 2.24) is 9.97 Å². The monoisotopic (exact) mass is 238 g/mol. The number of benzene rings is 1. The first-order valence-electron chi connectivity index (χ1n) is 4.42. The van der Waals surface area contributed by atoms with Crippen LogP contribution in [0.2, 0.25) is 10.3 Å². The van der Waals surface area contributed by atoms with Crippen molar-refractivity contribution in [3.8, 4) is 11.3 Å². The van der Waals surface area contributed by atoms with Gasteiger partial charge < -0.3 is 0 Å². The summed E-state index contributed by atoms with van der Waals surface area (Å²) >= 11 is 11.6. The van der Waals surface area contributed by atoms with Gasteiger partial charge in [0, 0.05) is 16.8 Å². The van der Waals surface area contributed by atoms with E-state index in [9.17, 15) is 0 Å². The van der Waals surface area contributed by atoms with Crippen molar-refractivity contribution in [2.24, 2.45) is 0 Å². The molecule has 0 radical (unpaired) electrons. The number of halogens is 2. The largest absolute Gasteiger partial charge is 0.226 e. The summed E-state index contributed by atoms with van der Waals surface area (Å²) in [5.41, 5.74) is 2.81. The zero-order valence-electron chi connectivity index (χ0n) is 8.04. The lowest BCUT2D eigenvalue weighted by Crippen LogP contribution is -1.91. The Morgan fingerprint density at radius 2 is 1.73 bits per heavy atom. The molecule has 0 spiro atoms. The molecule has 1 aromatic heterocycles. The van der Waals surface area contributed by atoms with Gasteiger partial charge in [-0.3, -0.25) is 0 Å². The van der Waals surface area contributed by atoms with Crippen LogP contribution in [0.25, 0.3) is 11.3 Å². The van der Waals surface area contributed by atoms with E-state index < -0.39 is 0 Å². The Labute approximate surface area is 97.9 Å². The van der Waals surface area contributed by atoms with E-state index in [0.717, 1.165) is 16.8 Å². The van der Waals surface area contributed by atoms with Crippen molar-refractivity contribution >= 4 is 23.2 Å². The third-order valence-corrected chi connectivity index (χ3v) is 2.49. The first kappa shape index (κ1) is 10.4. The van der Waals surface area contributed by atoms with E-state index in [1.807, 2.05) is 31.2 Å². The lowest BCUT2D eigenvalue weighted by Gasteiger charge is -2.04. The van der Waals surface area contributed by atoms with Crippen LogP contribution in [0, 0.1) is 6.92 Å². The van der Waals surface area contributed by atoms with Crippen LogP contribution in [-0.2, 0) is 0 Å². The fourth-order valence-corrected chi connectivity index (χ4v) is 1.58. The van der Waals surface area contributed by atoms with Crippen LogP contribution in [0.1, 0.15) is 5.56 Å². The molecule has 0 atom stereocenters. The molecule has 0 amide bonds. The third-order valence-electron chi connectivity index (χ3n) is 2.06. The van der Waals surface area contributed by atoms with Crippen molar-refractivity contribution < 1.29 is 0 Å². The average Bonchev–Trinajstić information content (AvgIpc) is 2.23. The van der Waals surface area contributed by atoms with E-state index in [0.29, 0.717) is 5.02 Å². The molecule has 2 rings (SSSR count). The number of nitrogens with zero attached hydrogens (tertiary/aromatic N) is 2. The lowest BCUT2D eigenvalue weighted by atomic mass is 10.1. The highest BCUT2D eigenvalue weighted by Crippen LogP contribution is 2.23. The highest BCUT2D eigenvalue weighted by Gasteiger charge is 2.04. The number of rotatable bonds is 1. The molecule has 4 heteroatoms. The second-order valence-corrected chi connectivity index (χ2v) is 3.95. The fraction of sp³-hybridized carbons (Fsp3) is 0.0909. The number of aromatic nitrogens is 2. The Kier molecular flexibility index (Phi) is 2.89. The Morgan fingerprint density at radius 3 is 2.40 bits per heavy atom. The molecule has 15 heavy (non-hydrogen) atoms. The summed E-state index contributed by atoms with van der Waals surface area (Å²) in [5, 5.41) is 0.960. The van der Waals surface area contributed by atoms with Crippen LogP contribution in [0.3, 0.4) is 0 Å². The minimum atomic E-state index is 0.255. The van der Waals surface area contributed by atoms with Gasteiger partial charge in [0.1, 0.15) is 0 Å². The normalized spacial score (nSPS) is 10.3. The summed E-state index contributed by atoms with van der Waals surface area (Å²) in [4.78, 5) is 8.09. The molecule has 0 N–H and O–H groups in total. The van der Waals surface area contributed by atoms with E-state index in [2.05, 4.69) is 9.97 Å². The van der Waals surface area contributed by atoms with Crippen LogP contribution in [0.5, 0.6) is 0 Å². The van der Waals surface area contributed by atoms with E-state index >= 15 is 0 Å². The molecule has 0 bridgehead atoms. The van der Waals surface area contributed by atoms with Gasteiger partial charge in [-0.2, -0.15) is 0 Å². The van der Waals surface area contributed by atoms with E-state index in [1.54, 1.807) is 6.20 Å². The zero-order chi connectivity index (χ0) is 10.8. The Bertz CT molecular complexity index is 480. The first-order chi connectivity index (χ1) is 7.16. The minimum Gasteiger partial charge on any atom is -0.226 e. The molecule has 1 heterocycles. The SMILES string of the molecule is Cc1cnc(Cl)nc1-c1ccc(Cl)cc1. The van der Waals surface area contributed by atoms with Crippen LogP contribution in [-0.4, -0.2) is 9.97 Å². The van der Waals surface area contributed by atoms with Crippen molar-refractivity contribution in [2.45, 2.75) is 6.92 Å². The molecule has 1 aromatic carbocycles. The third kappa shape index (κ3) is 2.28. The predicted molar refractivity (Wildman–Crippen MR) is 62.2 cm³/mol. The minimum absolute atomic E-state index is 0.255. The maximum absolute atomic E-state index is 5.81. The molecular weight excluding hydrogens is 231 g/mol. The number of hydrogen-bond acceptors (Lipinski definition) is 2. The molecule has 0 aliphatic carbocycles. The summed E-state index contributed by atoms with van der Waals surface area (Å²) in [5.74, 6) is 0. The summed E-state index contributed by atoms with van der Waals surface area (Å²) in [6.07, 6.45) is 1.71. The van der Waals surface area contributed by atoms with Crippen LogP contribution >= 0.6 is 23.2 Å². The quantitative estimate of drug-likeness (QED) is 0.708. The number of hydrogen-bond donors (Lipinski definition) is 0. The Balaban J connectivity index is 2.53. The summed E-state index contributed by atoms with van der Waals surface area (Å²) in [6, 6.07) is 7.47. The van der Waals surface area contributed by atoms with Gasteiger partial charge >= 0.3 is 0 Å². The second kappa shape index (κ2) is 4.17. The van der Waals surface area contributed by atoms with Gasteiger partial charge in [-0.25, -0.2) is 9.97 Å². The van der Waals surface area contributed by atoms with Crippen LogP contribution < -0.4 is 0 Å². The highest BCUT2D eigenvalue weighted by atomic mass is 35.5. The molecule has 76 valence electrons. The van der Waals surface area contributed by atoms with Crippen molar-refractivity contribution in [3.05, 3.63) is 46.3 Å². The molecule has 0 aliphatic heterocycles. The van der Waals surface area contributed by atoms with Crippen LogP contribution in [0.15, 0.2) is 30.5 Å². The smallest absolute Gasteiger partial charge is 0.222 e. The lowest BCUT2D eigenvalue weighted by molar-refractivity contribution is 1.13. The molecule has 0 saturated heterocycles. The Hall–Kier alpha value is -1.12. The topological polar surface area (TPSA) is 25.8 Å². The summed E-state index contributed by atoms with van der Waals surface area (Å²) < 4.78 is 0. The number of aryl methyl sites for hydroxylation is 1. The maximum atomic E-state index is 5.81. The van der Waals surface area contributed by atoms with Gasteiger partial charge in [0.2, 0.25) is 5.28 Å². The Morgan fingerprint density at radius 1 is 1.07 bits per heavy atom. The fourth-order valence-electron chi connectivity index (χ4n) is 1.32. The molecular formula is C11H8Cl2N2. The zero-order valence-corrected chi connectivity index (χ0v) is 9.55. The standard InChI is InChI=1S/C11H8Cl2N2/c1-7-6-14-11(13)15-10(7)8-2-4-9(12)5-3-8/h2-6H,1H3. The average molecular weight is 239 g/mol. The maximum Gasteiger partial charge on any atom is 0.222 e. The van der Waals surface area contributed by atoms with Crippen molar-refractivity contribution in [3.63, 3.8) is 0 Å². The predicted octanol–water partition coefficient (Wildman–Crippen LogP) is 3.76. The first-order valence-corrected chi connectivity index (χ1v) is 5.17. The van der Waals surface area contributed by atoms with Crippen molar-refractivity contribution in [1.29, 1.82) is 0 Å². The van der Waals surface area contributed by atoms with E-state index in [-0.39, 0.29) is 5.28 Å². The van der Waals surface area contributed by atoms with Gasteiger partial charge in [0.05, 0.1) is 5.69 Å². The van der Waals surface area contributed by atoms with Crippen molar-refractivity contribution in [2.75, 3.05) is 0 Å². The van der Waals surface area contributed by atoms with E-state index in [4.69, 9.17) is 23.2 Å². The molecule has 0 fully saturated rings. The molecule has 2 nitrogen and oxygen atoms in total. The molecule has 0 unspecified atom stereocenters. The molecule has 2 aromatic rings. The van der Waals surface area contributed by atoms with Gasteiger partial charge in [0.15, 0.2) is 0 Å². The van der Waals surface area contributed by atoms with Gasteiger partial charge in [0.25, 0.3) is 0 Å². The molecule has 0 aliphatic rings. The molecule has 0 saturated carbocycles. The summed E-state index contributed by atoms with van der Waals surface area (Å²) in [6.45, 7) is 1.94. The van der Waals surface area contributed by atoms with E-state index in [1.165, 1.54) is 0 Å².